The van der Waals surface area contributed by atoms with Crippen molar-refractivity contribution in [3.05, 3.63) is 23.7 Å². The topological polar surface area (TPSA) is 13.1 Å². The zero-order valence-corrected chi connectivity index (χ0v) is 12.8. The normalized spacial score (nSPS) is 11.3. The number of furan rings is 1. The van der Waals surface area contributed by atoms with Crippen LogP contribution in [-0.4, -0.2) is 16.1 Å². The summed E-state index contributed by atoms with van der Waals surface area (Å²) >= 11 is 4.22. The average molecular weight is 272 g/mol. The highest BCUT2D eigenvalue weighted by molar-refractivity contribution is 8.17. The lowest BCUT2D eigenvalue weighted by Crippen LogP contribution is -2.01. The van der Waals surface area contributed by atoms with Crippen LogP contribution in [0, 0.1) is 6.92 Å². The molecule has 0 saturated carbocycles. The highest BCUT2D eigenvalue weighted by atomic mass is 32.2. The fourth-order valence-corrected chi connectivity index (χ4v) is 4.12. The van der Waals surface area contributed by atoms with E-state index in [4.69, 9.17) is 4.42 Å². The van der Waals surface area contributed by atoms with Crippen molar-refractivity contribution in [3.8, 4) is 0 Å². The van der Waals surface area contributed by atoms with E-state index in [1.807, 2.05) is 6.92 Å². The van der Waals surface area contributed by atoms with Crippen molar-refractivity contribution >= 4 is 23.5 Å². The molecule has 0 atom stereocenters. The Labute approximate surface area is 114 Å². The molecule has 1 heterocycles. The van der Waals surface area contributed by atoms with Crippen LogP contribution in [0.1, 0.15) is 44.6 Å². The zero-order valence-electron chi connectivity index (χ0n) is 11.2. The smallest absolute Gasteiger partial charge is 0.104 e. The third kappa shape index (κ3) is 6.46. The summed E-state index contributed by atoms with van der Waals surface area (Å²) in [7, 11) is 0. The van der Waals surface area contributed by atoms with Crippen LogP contribution in [-0.2, 0) is 6.42 Å². The molecule has 0 amide bonds. The van der Waals surface area contributed by atoms with Gasteiger partial charge < -0.3 is 4.42 Å². The first-order valence-electron chi connectivity index (χ1n) is 6.54. The second-order valence-electron chi connectivity index (χ2n) is 4.22. The van der Waals surface area contributed by atoms with Gasteiger partial charge in [0.05, 0.1) is 4.58 Å². The Morgan fingerprint density at radius 3 is 2.24 bits per heavy atom. The van der Waals surface area contributed by atoms with Crippen molar-refractivity contribution in [1.29, 1.82) is 0 Å². The summed E-state index contributed by atoms with van der Waals surface area (Å²) in [5.41, 5.74) is 0. The van der Waals surface area contributed by atoms with Gasteiger partial charge in [0.1, 0.15) is 11.5 Å². The molecule has 98 valence electrons. The van der Waals surface area contributed by atoms with Gasteiger partial charge in [-0.05, 0) is 49.8 Å². The van der Waals surface area contributed by atoms with E-state index in [0.717, 1.165) is 22.5 Å². The zero-order chi connectivity index (χ0) is 12.5. The number of hydrogen-bond donors (Lipinski definition) is 0. The van der Waals surface area contributed by atoms with Gasteiger partial charge in [0.2, 0.25) is 0 Å². The minimum atomic E-state index is 0.736. The molecule has 3 heteroatoms. The number of aryl methyl sites for hydroxylation is 2. The quantitative estimate of drug-likeness (QED) is 0.578. The van der Waals surface area contributed by atoms with Gasteiger partial charge in [-0.25, -0.2) is 0 Å². The van der Waals surface area contributed by atoms with E-state index in [2.05, 4.69) is 49.5 Å². The van der Waals surface area contributed by atoms with Crippen LogP contribution in [0.25, 0.3) is 0 Å². The predicted molar refractivity (Wildman–Crippen MR) is 81.1 cm³/mol. The Hall–Kier alpha value is -0.0200. The van der Waals surface area contributed by atoms with E-state index in [-0.39, 0.29) is 0 Å². The molecule has 0 aliphatic carbocycles. The second kappa shape index (κ2) is 8.98. The molecule has 1 rings (SSSR count). The van der Waals surface area contributed by atoms with Crippen molar-refractivity contribution in [3.63, 3.8) is 0 Å². The standard InChI is InChI=1S/C14H24OS2/c1-4-10-16-14(17-11-5-2)9-8-13-7-6-12(3)15-13/h6-7,14H,4-5,8-11H2,1-3H3. The Morgan fingerprint density at radius 2 is 1.76 bits per heavy atom. The third-order valence-corrected chi connectivity index (χ3v) is 5.76. The van der Waals surface area contributed by atoms with Gasteiger partial charge in [0.25, 0.3) is 0 Å². The lowest BCUT2D eigenvalue weighted by molar-refractivity contribution is 0.480. The summed E-state index contributed by atoms with van der Waals surface area (Å²) in [6, 6.07) is 4.17. The van der Waals surface area contributed by atoms with Crippen LogP contribution in [0.4, 0.5) is 0 Å². The summed E-state index contributed by atoms with van der Waals surface area (Å²) in [6.07, 6.45) is 4.84. The van der Waals surface area contributed by atoms with E-state index in [1.54, 1.807) is 0 Å². The molecule has 1 aromatic rings. The lowest BCUT2D eigenvalue weighted by atomic mass is 10.3. The highest BCUT2D eigenvalue weighted by Gasteiger charge is 2.10. The molecule has 0 aromatic carbocycles. The molecule has 17 heavy (non-hydrogen) atoms. The lowest BCUT2D eigenvalue weighted by Gasteiger charge is -2.14. The highest BCUT2D eigenvalue weighted by Crippen LogP contribution is 2.29. The van der Waals surface area contributed by atoms with E-state index in [9.17, 15) is 0 Å². The molecule has 1 aromatic heterocycles. The van der Waals surface area contributed by atoms with E-state index in [1.165, 1.54) is 30.8 Å². The average Bonchev–Trinajstić information content (AvgIpc) is 2.74. The van der Waals surface area contributed by atoms with Crippen LogP contribution in [0.2, 0.25) is 0 Å². The van der Waals surface area contributed by atoms with Crippen molar-refractivity contribution in [1.82, 2.24) is 0 Å². The molecule has 0 fully saturated rings. The molecule has 1 nitrogen and oxygen atoms in total. The fraction of sp³-hybridized carbons (Fsp3) is 0.714. The number of thioether (sulfide) groups is 2. The number of rotatable bonds is 9. The maximum absolute atomic E-state index is 5.62. The van der Waals surface area contributed by atoms with Gasteiger partial charge in [0, 0.05) is 6.42 Å². The minimum Gasteiger partial charge on any atom is -0.466 e. The van der Waals surface area contributed by atoms with Gasteiger partial charge in [-0.2, -0.15) is 0 Å². The summed E-state index contributed by atoms with van der Waals surface area (Å²) in [5.74, 6) is 4.72. The summed E-state index contributed by atoms with van der Waals surface area (Å²) in [5, 5.41) is 0. The molecular weight excluding hydrogens is 248 g/mol. The Kier molecular flexibility index (Phi) is 7.95. The van der Waals surface area contributed by atoms with Gasteiger partial charge in [-0.1, -0.05) is 13.8 Å². The molecule has 0 saturated heterocycles. The monoisotopic (exact) mass is 272 g/mol. The Balaban J connectivity index is 2.31. The van der Waals surface area contributed by atoms with Gasteiger partial charge in [0.15, 0.2) is 0 Å². The third-order valence-electron chi connectivity index (χ3n) is 2.44. The largest absolute Gasteiger partial charge is 0.466 e. The van der Waals surface area contributed by atoms with E-state index >= 15 is 0 Å². The van der Waals surface area contributed by atoms with Gasteiger partial charge >= 0.3 is 0 Å². The van der Waals surface area contributed by atoms with Crippen molar-refractivity contribution in [2.75, 3.05) is 11.5 Å². The molecule has 0 N–H and O–H groups in total. The van der Waals surface area contributed by atoms with E-state index < -0.39 is 0 Å². The summed E-state index contributed by atoms with van der Waals surface area (Å²) in [4.78, 5) is 0. The van der Waals surface area contributed by atoms with Crippen molar-refractivity contribution < 1.29 is 4.42 Å². The van der Waals surface area contributed by atoms with Crippen LogP contribution in [0.5, 0.6) is 0 Å². The summed E-state index contributed by atoms with van der Waals surface area (Å²) < 4.78 is 6.36. The minimum absolute atomic E-state index is 0.736. The second-order valence-corrected chi connectivity index (χ2v) is 7.14. The Bertz CT molecular complexity index is 288. The van der Waals surface area contributed by atoms with Gasteiger partial charge in [-0.3, -0.25) is 0 Å². The Morgan fingerprint density at radius 1 is 1.12 bits per heavy atom. The van der Waals surface area contributed by atoms with Gasteiger partial charge in [-0.15, -0.1) is 23.5 Å². The first-order valence-corrected chi connectivity index (χ1v) is 8.64. The molecule has 0 bridgehead atoms. The SMILES string of the molecule is CCCSC(CCc1ccc(C)o1)SCCC. The predicted octanol–water partition coefficient (Wildman–Crippen LogP) is 5.13. The molecule has 0 aliphatic rings. The molecular formula is C14H24OS2. The first-order chi connectivity index (χ1) is 8.26. The molecule has 0 unspecified atom stereocenters. The van der Waals surface area contributed by atoms with Crippen LogP contribution >= 0.6 is 23.5 Å². The molecule has 0 aliphatic heterocycles. The first kappa shape index (κ1) is 15.0. The summed E-state index contributed by atoms with van der Waals surface area (Å²) in [6.45, 7) is 6.52. The van der Waals surface area contributed by atoms with Crippen LogP contribution in [0.15, 0.2) is 16.5 Å². The fourth-order valence-electron chi connectivity index (χ4n) is 1.59. The van der Waals surface area contributed by atoms with Crippen LogP contribution < -0.4 is 0 Å². The maximum atomic E-state index is 5.62. The molecule has 0 spiro atoms. The van der Waals surface area contributed by atoms with Crippen molar-refractivity contribution in [2.24, 2.45) is 0 Å². The molecule has 0 radical (unpaired) electrons. The van der Waals surface area contributed by atoms with Crippen LogP contribution in [0.3, 0.4) is 0 Å². The van der Waals surface area contributed by atoms with E-state index in [0.29, 0.717) is 0 Å². The van der Waals surface area contributed by atoms with Crippen molar-refractivity contribution in [2.45, 2.75) is 51.0 Å². The number of hydrogen-bond acceptors (Lipinski definition) is 3. The maximum Gasteiger partial charge on any atom is 0.104 e.